The van der Waals surface area contributed by atoms with Gasteiger partial charge in [0.15, 0.2) is 5.96 Å². The fourth-order valence-electron chi connectivity index (χ4n) is 3.08. The van der Waals surface area contributed by atoms with Crippen molar-refractivity contribution < 1.29 is 0 Å². The summed E-state index contributed by atoms with van der Waals surface area (Å²) in [6.45, 7) is 1.44. The summed E-state index contributed by atoms with van der Waals surface area (Å²) in [5.74, 6) is 0.548. The van der Waals surface area contributed by atoms with Crippen LogP contribution in [0.1, 0.15) is 35.7 Å². The van der Waals surface area contributed by atoms with Crippen molar-refractivity contribution in [3.63, 3.8) is 0 Å². The van der Waals surface area contributed by atoms with Crippen molar-refractivity contribution in [2.24, 2.45) is 0 Å². The summed E-state index contributed by atoms with van der Waals surface area (Å²) in [5.41, 5.74) is 3.32. The quantitative estimate of drug-likeness (QED) is 0.231. The predicted octanol–water partition coefficient (Wildman–Crippen LogP) is 3.84. The molecule has 2 aromatic heterocycles. The van der Waals surface area contributed by atoms with E-state index in [-0.39, 0.29) is 5.92 Å². The molecule has 0 saturated heterocycles. The Kier molecular flexibility index (Phi) is 7.61. The van der Waals surface area contributed by atoms with Gasteiger partial charge in [0.05, 0.1) is 12.0 Å². The van der Waals surface area contributed by atoms with Gasteiger partial charge in [-0.15, -0.1) is 0 Å². The van der Waals surface area contributed by atoms with Crippen molar-refractivity contribution in [3.05, 3.63) is 82.6 Å². The summed E-state index contributed by atoms with van der Waals surface area (Å²) in [7, 11) is 0. The number of nitrogens with one attached hydrogen (secondary N) is 4. The predicted molar refractivity (Wildman–Crippen MR) is 115 cm³/mol. The largest absolute Gasteiger partial charge is 0.357 e. The number of H-pyrrole nitrogens is 1. The van der Waals surface area contributed by atoms with E-state index in [4.69, 9.17) is 5.41 Å². The number of pyridine rings is 1. The van der Waals surface area contributed by atoms with Crippen LogP contribution in [0.15, 0.2) is 65.7 Å². The van der Waals surface area contributed by atoms with E-state index in [0.717, 1.165) is 41.7 Å². The first-order chi connectivity index (χ1) is 13.7. The zero-order valence-corrected chi connectivity index (χ0v) is 17.2. The summed E-state index contributed by atoms with van der Waals surface area (Å²) in [5, 5.41) is 14.3. The number of aromatic nitrogens is 3. The van der Waals surface area contributed by atoms with Crippen molar-refractivity contribution in [2.45, 2.75) is 25.2 Å². The Balaban J connectivity index is 1.46. The number of aryl methyl sites for hydroxylation is 1. The van der Waals surface area contributed by atoms with Gasteiger partial charge in [0.1, 0.15) is 0 Å². The summed E-state index contributed by atoms with van der Waals surface area (Å²) in [4.78, 5) is 11.7. The molecule has 0 amide bonds. The molecule has 0 spiro atoms. The van der Waals surface area contributed by atoms with Crippen LogP contribution in [-0.2, 0) is 6.42 Å². The van der Waals surface area contributed by atoms with E-state index in [1.165, 1.54) is 5.56 Å². The molecule has 2 heterocycles. The molecular formula is C21H25BrN6. The maximum Gasteiger partial charge on any atom is 0.188 e. The summed E-state index contributed by atoms with van der Waals surface area (Å²) >= 11 is 3.49. The monoisotopic (exact) mass is 440 g/mol. The summed E-state index contributed by atoms with van der Waals surface area (Å²) in [6, 6.07) is 14.4. The van der Waals surface area contributed by atoms with Crippen LogP contribution in [0.2, 0.25) is 0 Å². The van der Waals surface area contributed by atoms with E-state index in [0.29, 0.717) is 12.5 Å². The molecule has 0 aliphatic rings. The second-order valence-corrected chi connectivity index (χ2v) is 7.46. The van der Waals surface area contributed by atoms with E-state index in [9.17, 15) is 0 Å². The van der Waals surface area contributed by atoms with Crippen molar-refractivity contribution >= 4 is 21.9 Å². The average molecular weight is 441 g/mol. The van der Waals surface area contributed by atoms with Crippen LogP contribution in [-0.4, -0.2) is 34.0 Å². The zero-order chi connectivity index (χ0) is 19.6. The van der Waals surface area contributed by atoms with Crippen molar-refractivity contribution in [1.82, 2.24) is 25.6 Å². The number of benzene rings is 1. The topological polar surface area (TPSA) is 89.5 Å². The molecule has 0 saturated carbocycles. The third-order valence-corrected chi connectivity index (χ3v) is 5.05. The van der Waals surface area contributed by atoms with Gasteiger partial charge in [0.2, 0.25) is 0 Å². The molecule has 0 fully saturated rings. The van der Waals surface area contributed by atoms with Crippen LogP contribution in [0, 0.1) is 5.41 Å². The minimum absolute atomic E-state index is 0.189. The van der Waals surface area contributed by atoms with Gasteiger partial charge in [0, 0.05) is 41.6 Å². The maximum absolute atomic E-state index is 8.06. The first kappa shape index (κ1) is 20.1. The molecular weight excluding hydrogens is 416 g/mol. The number of hydrogen-bond donors (Lipinski definition) is 4. The van der Waals surface area contributed by atoms with Crippen LogP contribution in [0.4, 0.5) is 0 Å². The second kappa shape index (κ2) is 10.6. The number of hydrogen-bond acceptors (Lipinski definition) is 3. The lowest BCUT2D eigenvalue weighted by atomic mass is 9.92. The van der Waals surface area contributed by atoms with Crippen LogP contribution in [0.5, 0.6) is 0 Å². The Bertz CT molecular complexity index is 833. The standard InChI is InChI=1S/C21H25BrN6/c22-17-8-6-16(7-9-17)19(20-5-1-2-11-25-20)10-13-27-21(23)26-12-3-4-18-14-24-15-28-18/h1-2,5-9,11,14-15,19H,3-4,10,12-13H2,(H,24,28)(H3,23,26,27). The Labute approximate surface area is 173 Å². The molecule has 6 nitrogen and oxygen atoms in total. The number of nitrogens with zero attached hydrogens (tertiary/aromatic N) is 2. The summed E-state index contributed by atoms with van der Waals surface area (Å²) in [6.07, 6.45) is 8.12. The van der Waals surface area contributed by atoms with Crippen LogP contribution in [0.3, 0.4) is 0 Å². The van der Waals surface area contributed by atoms with Gasteiger partial charge in [-0.25, -0.2) is 4.98 Å². The normalized spacial score (nSPS) is 11.8. The van der Waals surface area contributed by atoms with E-state index in [1.54, 1.807) is 6.33 Å². The van der Waals surface area contributed by atoms with Gasteiger partial charge in [-0.05, 0) is 49.1 Å². The van der Waals surface area contributed by atoms with E-state index in [1.807, 2.05) is 24.5 Å². The lowest BCUT2D eigenvalue weighted by molar-refractivity contribution is 0.659. The Morgan fingerprint density at radius 2 is 1.89 bits per heavy atom. The van der Waals surface area contributed by atoms with E-state index in [2.05, 4.69) is 71.8 Å². The molecule has 3 rings (SSSR count). The molecule has 7 heteroatoms. The van der Waals surface area contributed by atoms with Crippen LogP contribution >= 0.6 is 15.9 Å². The molecule has 0 aliphatic heterocycles. The number of aromatic amines is 1. The fourth-order valence-corrected chi connectivity index (χ4v) is 3.34. The highest BCUT2D eigenvalue weighted by atomic mass is 79.9. The maximum atomic E-state index is 8.06. The number of imidazole rings is 1. The summed E-state index contributed by atoms with van der Waals surface area (Å²) < 4.78 is 1.06. The zero-order valence-electron chi connectivity index (χ0n) is 15.7. The van der Waals surface area contributed by atoms with Gasteiger partial charge in [-0.2, -0.15) is 0 Å². The van der Waals surface area contributed by atoms with Gasteiger partial charge < -0.3 is 15.6 Å². The van der Waals surface area contributed by atoms with Gasteiger partial charge in [-0.3, -0.25) is 10.4 Å². The second-order valence-electron chi connectivity index (χ2n) is 6.54. The average Bonchev–Trinajstić information content (AvgIpc) is 3.24. The number of rotatable bonds is 9. The first-order valence-corrected chi connectivity index (χ1v) is 10.2. The Morgan fingerprint density at radius 1 is 1.07 bits per heavy atom. The molecule has 28 heavy (non-hydrogen) atoms. The Morgan fingerprint density at radius 3 is 2.61 bits per heavy atom. The van der Waals surface area contributed by atoms with Crippen molar-refractivity contribution in [2.75, 3.05) is 13.1 Å². The van der Waals surface area contributed by atoms with Crippen molar-refractivity contribution in [1.29, 1.82) is 5.41 Å². The van der Waals surface area contributed by atoms with Gasteiger partial charge in [0.25, 0.3) is 0 Å². The van der Waals surface area contributed by atoms with E-state index < -0.39 is 0 Å². The molecule has 0 bridgehead atoms. The molecule has 1 atom stereocenters. The van der Waals surface area contributed by atoms with Gasteiger partial charge >= 0.3 is 0 Å². The minimum atomic E-state index is 0.189. The van der Waals surface area contributed by atoms with Crippen LogP contribution in [0.25, 0.3) is 0 Å². The van der Waals surface area contributed by atoms with Crippen molar-refractivity contribution in [3.8, 4) is 0 Å². The lowest BCUT2D eigenvalue weighted by Crippen LogP contribution is -2.37. The third-order valence-electron chi connectivity index (χ3n) is 4.52. The first-order valence-electron chi connectivity index (χ1n) is 9.42. The number of halogens is 1. The molecule has 3 aromatic rings. The smallest absolute Gasteiger partial charge is 0.188 e. The lowest BCUT2D eigenvalue weighted by Gasteiger charge is -2.18. The minimum Gasteiger partial charge on any atom is -0.357 e. The SMILES string of the molecule is N=C(NCCCc1c[nH]cn1)NCCC(c1ccc(Br)cc1)c1ccccn1. The number of guanidine groups is 1. The molecule has 1 unspecified atom stereocenters. The van der Waals surface area contributed by atoms with Crippen LogP contribution < -0.4 is 10.6 Å². The fraction of sp³-hybridized carbons (Fsp3) is 0.286. The third kappa shape index (κ3) is 6.20. The van der Waals surface area contributed by atoms with E-state index >= 15 is 0 Å². The molecule has 4 N–H and O–H groups in total. The Hall–Kier alpha value is -2.67. The molecule has 0 aliphatic carbocycles. The highest BCUT2D eigenvalue weighted by Crippen LogP contribution is 2.27. The molecule has 0 radical (unpaired) electrons. The van der Waals surface area contributed by atoms with Gasteiger partial charge in [-0.1, -0.05) is 34.1 Å². The molecule has 1 aromatic carbocycles. The highest BCUT2D eigenvalue weighted by Gasteiger charge is 2.15. The highest BCUT2D eigenvalue weighted by molar-refractivity contribution is 9.10. The molecule has 146 valence electrons.